The van der Waals surface area contributed by atoms with Crippen molar-refractivity contribution in [2.24, 2.45) is 0 Å². The van der Waals surface area contributed by atoms with Crippen molar-refractivity contribution in [1.29, 1.82) is 0 Å². The van der Waals surface area contributed by atoms with Gasteiger partial charge in [-0.15, -0.1) is 0 Å². The Kier molecular flexibility index (Phi) is 5.34. The Morgan fingerprint density at radius 3 is 2.42 bits per heavy atom. The molecule has 0 saturated heterocycles. The van der Waals surface area contributed by atoms with E-state index in [1.54, 1.807) is 43.3 Å². The van der Waals surface area contributed by atoms with Crippen LogP contribution in [-0.4, -0.2) is 22.8 Å². The van der Waals surface area contributed by atoms with Gasteiger partial charge < -0.3 is 20.5 Å². The highest BCUT2D eigenvalue weighted by atomic mass is 32.1. The number of carbonyl (C=O) groups excluding carboxylic acids is 1. The number of thiocarbonyl (C=S) groups is 1. The van der Waals surface area contributed by atoms with E-state index < -0.39 is 0 Å². The van der Waals surface area contributed by atoms with Crippen molar-refractivity contribution in [1.82, 2.24) is 0 Å². The highest BCUT2D eigenvalue weighted by Crippen LogP contribution is 2.29. The Morgan fingerprint density at radius 2 is 1.69 bits per heavy atom. The summed E-state index contributed by atoms with van der Waals surface area (Å²) in [6.07, 6.45) is 0. The van der Waals surface area contributed by atoms with Crippen molar-refractivity contribution in [3.8, 4) is 5.75 Å². The van der Waals surface area contributed by atoms with Crippen LogP contribution in [0.3, 0.4) is 0 Å². The SMILES string of the molecule is CCOC(=O)c1ccc(NC(=S)Nc2cccc3c(O)cccc23)cc1. The summed E-state index contributed by atoms with van der Waals surface area (Å²) >= 11 is 5.36. The standard InChI is InChI=1S/C20H18N2O3S/c1-2-25-19(24)13-9-11-14(12-10-13)21-20(26)22-17-7-3-6-16-15(17)5-4-8-18(16)23/h3-12,23H,2H2,1H3,(H2,21,22,26). The van der Waals surface area contributed by atoms with Gasteiger partial charge in [0, 0.05) is 22.1 Å². The Labute approximate surface area is 156 Å². The monoisotopic (exact) mass is 366 g/mol. The van der Waals surface area contributed by atoms with E-state index in [4.69, 9.17) is 17.0 Å². The van der Waals surface area contributed by atoms with E-state index in [-0.39, 0.29) is 11.7 Å². The summed E-state index contributed by atoms with van der Waals surface area (Å²) in [7, 11) is 0. The molecule has 0 spiro atoms. The number of rotatable bonds is 4. The molecule has 0 saturated carbocycles. The highest BCUT2D eigenvalue weighted by Gasteiger charge is 2.08. The van der Waals surface area contributed by atoms with E-state index in [1.165, 1.54) is 0 Å². The molecule has 3 aromatic rings. The van der Waals surface area contributed by atoms with Gasteiger partial charge in [0.1, 0.15) is 5.75 Å². The first-order chi connectivity index (χ1) is 12.6. The molecule has 0 atom stereocenters. The van der Waals surface area contributed by atoms with E-state index in [2.05, 4.69) is 10.6 Å². The second-order valence-corrected chi connectivity index (χ2v) is 5.96. The third-order valence-electron chi connectivity index (χ3n) is 3.80. The molecule has 3 aromatic carbocycles. The molecule has 0 aromatic heterocycles. The van der Waals surface area contributed by atoms with Crippen LogP contribution < -0.4 is 10.6 Å². The molecule has 0 bridgehead atoms. The van der Waals surface area contributed by atoms with Gasteiger partial charge in [-0.25, -0.2) is 4.79 Å². The quantitative estimate of drug-likeness (QED) is 0.465. The minimum Gasteiger partial charge on any atom is -0.507 e. The molecule has 0 radical (unpaired) electrons. The first-order valence-corrected chi connectivity index (χ1v) is 8.55. The number of phenols is 1. The minimum absolute atomic E-state index is 0.222. The summed E-state index contributed by atoms with van der Waals surface area (Å²) in [6, 6.07) is 17.8. The Bertz CT molecular complexity index is 955. The molecule has 0 aliphatic heterocycles. The van der Waals surface area contributed by atoms with Gasteiger partial charge in [0.05, 0.1) is 12.2 Å². The molecule has 0 aliphatic rings. The van der Waals surface area contributed by atoms with Crippen LogP contribution in [0.1, 0.15) is 17.3 Å². The van der Waals surface area contributed by atoms with Crippen LogP contribution in [0.4, 0.5) is 11.4 Å². The van der Waals surface area contributed by atoms with Crippen molar-refractivity contribution in [2.45, 2.75) is 6.92 Å². The zero-order chi connectivity index (χ0) is 18.5. The minimum atomic E-state index is -0.352. The van der Waals surface area contributed by atoms with Gasteiger partial charge in [-0.2, -0.15) is 0 Å². The van der Waals surface area contributed by atoms with Gasteiger partial charge in [-0.3, -0.25) is 0 Å². The Hall–Kier alpha value is -3.12. The van der Waals surface area contributed by atoms with E-state index in [0.29, 0.717) is 17.3 Å². The molecule has 0 heterocycles. The average Bonchev–Trinajstić information content (AvgIpc) is 2.63. The summed E-state index contributed by atoms with van der Waals surface area (Å²) < 4.78 is 4.96. The van der Waals surface area contributed by atoms with Gasteiger partial charge in [0.25, 0.3) is 0 Å². The fourth-order valence-corrected chi connectivity index (χ4v) is 2.82. The van der Waals surface area contributed by atoms with Crippen LogP contribution >= 0.6 is 12.2 Å². The van der Waals surface area contributed by atoms with Gasteiger partial charge in [0.2, 0.25) is 0 Å². The van der Waals surface area contributed by atoms with Crippen LogP contribution in [0.2, 0.25) is 0 Å². The molecule has 0 fully saturated rings. The van der Waals surface area contributed by atoms with Crippen LogP contribution in [0.25, 0.3) is 10.8 Å². The normalized spacial score (nSPS) is 10.3. The van der Waals surface area contributed by atoms with Gasteiger partial charge in [0.15, 0.2) is 5.11 Å². The topological polar surface area (TPSA) is 70.6 Å². The van der Waals surface area contributed by atoms with Crippen molar-refractivity contribution in [3.05, 3.63) is 66.2 Å². The molecule has 3 rings (SSSR count). The molecule has 26 heavy (non-hydrogen) atoms. The summed E-state index contributed by atoms with van der Waals surface area (Å²) in [5, 5.41) is 18.2. The molecule has 132 valence electrons. The van der Waals surface area contributed by atoms with E-state index in [9.17, 15) is 9.90 Å². The number of aromatic hydroxyl groups is 1. The maximum absolute atomic E-state index is 11.7. The third kappa shape index (κ3) is 3.92. The lowest BCUT2D eigenvalue weighted by molar-refractivity contribution is 0.0526. The Morgan fingerprint density at radius 1 is 1.00 bits per heavy atom. The van der Waals surface area contributed by atoms with Crippen LogP contribution in [0.15, 0.2) is 60.7 Å². The smallest absolute Gasteiger partial charge is 0.338 e. The first kappa shape index (κ1) is 17.7. The molecular formula is C20H18N2O3S. The number of anilines is 2. The number of ether oxygens (including phenoxy) is 1. The number of benzene rings is 3. The van der Waals surface area contributed by atoms with Crippen molar-refractivity contribution < 1.29 is 14.6 Å². The lowest BCUT2D eigenvalue weighted by atomic mass is 10.1. The molecule has 6 heteroatoms. The number of hydrogen-bond donors (Lipinski definition) is 3. The second-order valence-electron chi connectivity index (χ2n) is 5.55. The Balaban J connectivity index is 1.72. The predicted octanol–water partition coefficient (Wildman–Crippen LogP) is 4.53. The maximum Gasteiger partial charge on any atom is 0.338 e. The molecule has 0 unspecified atom stereocenters. The predicted molar refractivity (Wildman–Crippen MR) is 108 cm³/mol. The fourth-order valence-electron chi connectivity index (χ4n) is 2.59. The zero-order valence-corrected chi connectivity index (χ0v) is 15.0. The first-order valence-electron chi connectivity index (χ1n) is 8.14. The van der Waals surface area contributed by atoms with Gasteiger partial charge in [-0.1, -0.05) is 24.3 Å². The highest BCUT2D eigenvalue weighted by molar-refractivity contribution is 7.80. The average molecular weight is 366 g/mol. The molecular weight excluding hydrogens is 348 g/mol. The molecule has 0 aliphatic carbocycles. The molecule has 3 N–H and O–H groups in total. The van der Waals surface area contributed by atoms with Crippen LogP contribution in [0, 0.1) is 0 Å². The summed E-state index contributed by atoms with van der Waals surface area (Å²) in [5.74, 6) is -0.130. The van der Waals surface area contributed by atoms with E-state index >= 15 is 0 Å². The summed E-state index contributed by atoms with van der Waals surface area (Å²) in [5.41, 5.74) is 2.03. The van der Waals surface area contributed by atoms with Crippen LogP contribution in [-0.2, 0) is 4.74 Å². The van der Waals surface area contributed by atoms with Crippen molar-refractivity contribution in [2.75, 3.05) is 17.2 Å². The summed E-state index contributed by atoms with van der Waals surface area (Å²) in [4.78, 5) is 11.7. The van der Waals surface area contributed by atoms with Gasteiger partial charge >= 0.3 is 5.97 Å². The number of hydrogen-bond acceptors (Lipinski definition) is 4. The number of carbonyl (C=O) groups is 1. The zero-order valence-electron chi connectivity index (χ0n) is 14.2. The van der Waals surface area contributed by atoms with Crippen LogP contribution in [0.5, 0.6) is 5.75 Å². The number of phenolic OH excluding ortho intramolecular Hbond substituents is 1. The third-order valence-corrected chi connectivity index (χ3v) is 4.01. The summed E-state index contributed by atoms with van der Waals surface area (Å²) in [6.45, 7) is 2.11. The fraction of sp³-hybridized carbons (Fsp3) is 0.100. The maximum atomic E-state index is 11.7. The lowest BCUT2D eigenvalue weighted by Crippen LogP contribution is -2.19. The molecule has 5 nitrogen and oxygen atoms in total. The van der Waals surface area contributed by atoms with E-state index in [0.717, 1.165) is 22.1 Å². The van der Waals surface area contributed by atoms with Crippen molar-refractivity contribution in [3.63, 3.8) is 0 Å². The lowest BCUT2D eigenvalue weighted by Gasteiger charge is -2.13. The van der Waals surface area contributed by atoms with E-state index in [1.807, 2.05) is 24.3 Å². The largest absolute Gasteiger partial charge is 0.507 e. The van der Waals surface area contributed by atoms with Gasteiger partial charge in [-0.05, 0) is 55.5 Å². The number of fused-ring (bicyclic) bond motifs is 1. The molecule has 0 amide bonds. The number of nitrogens with one attached hydrogen (secondary N) is 2. The number of esters is 1. The second kappa shape index (κ2) is 7.84. The van der Waals surface area contributed by atoms with Crippen molar-refractivity contribution >= 4 is 45.4 Å².